The number of ether oxygens (including phenoxy) is 2. The van der Waals surface area contributed by atoms with E-state index in [0.29, 0.717) is 5.02 Å². The van der Waals surface area contributed by atoms with Gasteiger partial charge in [0, 0.05) is 5.56 Å². The molecular formula is C13H15ClN2O5. The molecule has 1 aromatic carbocycles. The Bertz CT molecular complexity index is 561. The van der Waals surface area contributed by atoms with Gasteiger partial charge in [-0.05, 0) is 18.2 Å². The summed E-state index contributed by atoms with van der Waals surface area (Å²) >= 11 is 5.76. The number of halogens is 1. The molecule has 0 radical (unpaired) electrons. The number of nitrogen functional groups attached to an aromatic ring is 1. The highest BCUT2D eigenvalue weighted by Crippen LogP contribution is 2.19. The van der Waals surface area contributed by atoms with Crippen LogP contribution in [0.4, 0.5) is 5.69 Å². The first-order valence-electron chi connectivity index (χ1n) is 5.89. The van der Waals surface area contributed by atoms with Crippen molar-refractivity contribution in [2.45, 2.75) is 12.5 Å². The summed E-state index contributed by atoms with van der Waals surface area (Å²) in [6.07, 6.45) is -0.335. The molecular weight excluding hydrogens is 300 g/mol. The topological polar surface area (TPSA) is 108 Å². The molecule has 114 valence electrons. The Morgan fingerprint density at radius 3 is 2.48 bits per heavy atom. The number of amides is 1. The number of nitrogens with two attached hydrogens (primary N) is 1. The minimum Gasteiger partial charge on any atom is -0.469 e. The molecule has 1 rings (SSSR count). The van der Waals surface area contributed by atoms with E-state index < -0.39 is 23.9 Å². The molecule has 1 atom stereocenters. The molecule has 0 aromatic heterocycles. The van der Waals surface area contributed by atoms with E-state index in [-0.39, 0.29) is 17.7 Å². The molecule has 0 fully saturated rings. The number of carbonyl (C=O) groups is 3. The van der Waals surface area contributed by atoms with Crippen molar-refractivity contribution in [3.05, 3.63) is 28.8 Å². The monoisotopic (exact) mass is 314 g/mol. The number of benzene rings is 1. The van der Waals surface area contributed by atoms with Gasteiger partial charge in [-0.15, -0.1) is 0 Å². The van der Waals surface area contributed by atoms with Crippen LogP contribution >= 0.6 is 11.6 Å². The lowest BCUT2D eigenvalue weighted by molar-refractivity contribution is -0.149. The summed E-state index contributed by atoms with van der Waals surface area (Å²) in [5, 5.41) is 2.69. The molecule has 1 aromatic rings. The second kappa shape index (κ2) is 7.49. The van der Waals surface area contributed by atoms with Crippen LogP contribution in [0.15, 0.2) is 18.2 Å². The van der Waals surface area contributed by atoms with Crippen molar-refractivity contribution in [2.24, 2.45) is 0 Å². The third-order valence-electron chi connectivity index (χ3n) is 2.65. The van der Waals surface area contributed by atoms with Crippen LogP contribution in [0.3, 0.4) is 0 Å². The van der Waals surface area contributed by atoms with Crippen molar-refractivity contribution in [1.29, 1.82) is 0 Å². The van der Waals surface area contributed by atoms with Crippen molar-refractivity contribution >= 4 is 35.1 Å². The summed E-state index contributed by atoms with van der Waals surface area (Å²) in [5.41, 5.74) is 6.03. The van der Waals surface area contributed by atoms with Crippen LogP contribution in [0, 0.1) is 0 Å². The molecule has 0 saturated carbocycles. The van der Waals surface area contributed by atoms with E-state index in [1.807, 2.05) is 0 Å². The first-order chi connectivity index (χ1) is 9.88. The third-order valence-corrected chi connectivity index (χ3v) is 2.99. The number of carbonyl (C=O) groups excluding carboxylic acids is 3. The van der Waals surface area contributed by atoms with E-state index in [1.54, 1.807) is 0 Å². The Hall–Kier alpha value is -2.28. The van der Waals surface area contributed by atoms with Gasteiger partial charge in [0.25, 0.3) is 5.91 Å². The van der Waals surface area contributed by atoms with Crippen LogP contribution < -0.4 is 11.1 Å². The van der Waals surface area contributed by atoms with Crippen LogP contribution in [-0.4, -0.2) is 38.1 Å². The normalized spacial score (nSPS) is 11.4. The quantitative estimate of drug-likeness (QED) is 0.613. The van der Waals surface area contributed by atoms with Gasteiger partial charge in [0.2, 0.25) is 0 Å². The number of rotatable bonds is 5. The van der Waals surface area contributed by atoms with E-state index >= 15 is 0 Å². The SMILES string of the molecule is COC(=O)CC(NC(=O)c1ccc(Cl)c(N)c1)C(=O)OC. The van der Waals surface area contributed by atoms with E-state index in [2.05, 4.69) is 14.8 Å². The van der Waals surface area contributed by atoms with Crippen molar-refractivity contribution in [3.63, 3.8) is 0 Å². The van der Waals surface area contributed by atoms with Crippen molar-refractivity contribution < 1.29 is 23.9 Å². The van der Waals surface area contributed by atoms with E-state index in [4.69, 9.17) is 17.3 Å². The molecule has 1 unspecified atom stereocenters. The number of anilines is 1. The van der Waals surface area contributed by atoms with Gasteiger partial charge in [0.05, 0.1) is 31.4 Å². The second-order valence-electron chi connectivity index (χ2n) is 4.07. The van der Waals surface area contributed by atoms with Crippen molar-refractivity contribution in [2.75, 3.05) is 20.0 Å². The van der Waals surface area contributed by atoms with Gasteiger partial charge >= 0.3 is 11.9 Å². The molecule has 8 heteroatoms. The minimum absolute atomic E-state index is 0.204. The van der Waals surface area contributed by atoms with Gasteiger partial charge in [0.15, 0.2) is 0 Å². The van der Waals surface area contributed by atoms with E-state index in [9.17, 15) is 14.4 Å². The zero-order valence-corrected chi connectivity index (χ0v) is 12.3. The molecule has 0 heterocycles. The lowest BCUT2D eigenvalue weighted by atomic mass is 10.1. The summed E-state index contributed by atoms with van der Waals surface area (Å²) in [6, 6.07) is 3.12. The Balaban J connectivity index is 2.86. The van der Waals surface area contributed by atoms with Crippen LogP contribution in [-0.2, 0) is 19.1 Å². The van der Waals surface area contributed by atoms with Crippen molar-refractivity contribution in [1.82, 2.24) is 5.32 Å². The highest BCUT2D eigenvalue weighted by Gasteiger charge is 2.25. The summed E-state index contributed by atoms with van der Waals surface area (Å²) in [4.78, 5) is 34.8. The molecule has 1 amide bonds. The fraction of sp³-hybridized carbons (Fsp3) is 0.308. The zero-order valence-electron chi connectivity index (χ0n) is 11.5. The van der Waals surface area contributed by atoms with Gasteiger partial charge in [-0.25, -0.2) is 4.79 Å². The van der Waals surface area contributed by atoms with Gasteiger partial charge in [0.1, 0.15) is 6.04 Å². The maximum Gasteiger partial charge on any atom is 0.328 e. The van der Waals surface area contributed by atoms with E-state index in [1.165, 1.54) is 25.3 Å². The number of methoxy groups -OCH3 is 2. The molecule has 3 N–H and O–H groups in total. The molecule has 0 bridgehead atoms. The molecule has 0 aliphatic rings. The Morgan fingerprint density at radius 2 is 1.95 bits per heavy atom. The fourth-order valence-electron chi connectivity index (χ4n) is 1.51. The molecule has 0 aliphatic heterocycles. The Kier molecular flexibility index (Phi) is 5.98. The second-order valence-corrected chi connectivity index (χ2v) is 4.47. The van der Waals surface area contributed by atoms with Crippen molar-refractivity contribution in [3.8, 4) is 0 Å². The summed E-state index contributed by atoms with van der Waals surface area (Å²) in [6.45, 7) is 0. The standard InChI is InChI=1S/C13H15ClN2O5/c1-20-11(17)6-10(13(19)21-2)16-12(18)7-3-4-8(14)9(15)5-7/h3-5,10H,6,15H2,1-2H3,(H,16,18). The van der Waals surface area contributed by atoms with Crippen LogP contribution in [0.2, 0.25) is 5.02 Å². The number of esters is 2. The maximum absolute atomic E-state index is 12.0. The van der Waals surface area contributed by atoms with Crippen LogP contribution in [0.1, 0.15) is 16.8 Å². The average molecular weight is 315 g/mol. The lowest BCUT2D eigenvalue weighted by Gasteiger charge is -2.15. The summed E-state index contributed by atoms with van der Waals surface area (Å²) < 4.78 is 8.99. The lowest BCUT2D eigenvalue weighted by Crippen LogP contribution is -2.43. The van der Waals surface area contributed by atoms with Gasteiger partial charge in [-0.3, -0.25) is 9.59 Å². The largest absolute Gasteiger partial charge is 0.469 e. The van der Waals surface area contributed by atoms with Gasteiger partial charge in [-0.1, -0.05) is 11.6 Å². The van der Waals surface area contributed by atoms with Gasteiger partial charge in [-0.2, -0.15) is 0 Å². The minimum atomic E-state index is -1.15. The summed E-state index contributed by atoms with van der Waals surface area (Å²) in [7, 11) is 2.33. The molecule has 0 spiro atoms. The first-order valence-corrected chi connectivity index (χ1v) is 6.27. The number of hydrogen-bond acceptors (Lipinski definition) is 6. The zero-order chi connectivity index (χ0) is 16.0. The molecule has 7 nitrogen and oxygen atoms in total. The smallest absolute Gasteiger partial charge is 0.328 e. The molecule has 0 saturated heterocycles. The molecule has 0 aliphatic carbocycles. The summed E-state index contributed by atoms with van der Waals surface area (Å²) in [5.74, 6) is -1.99. The average Bonchev–Trinajstić information content (AvgIpc) is 2.48. The van der Waals surface area contributed by atoms with Crippen LogP contribution in [0.25, 0.3) is 0 Å². The highest BCUT2D eigenvalue weighted by atomic mass is 35.5. The predicted octanol–water partition coefficient (Wildman–Crippen LogP) is 0.757. The Labute approximate surface area is 126 Å². The van der Waals surface area contributed by atoms with Crippen LogP contribution in [0.5, 0.6) is 0 Å². The number of nitrogens with one attached hydrogen (secondary N) is 1. The van der Waals surface area contributed by atoms with E-state index in [0.717, 1.165) is 7.11 Å². The first kappa shape index (κ1) is 16.8. The molecule has 21 heavy (non-hydrogen) atoms. The number of hydrogen-bond donors (Lipinski definition) is 2. The predicted molar refractivity (Wildman–Crippen MR) is 75.8 cm³/mol. The highest BCUT2D eigenvalue weighted by molar-refractivity contribution is 6.33. The van der Waals surface area contributed by atoms with Gasteiger partial charge < -0.3 is 20.5 Å². The Morgan fingerprint density at radius 1 is 1.29 bits per heavy atom. The third kappa shape index (κ3) is 4.64. The maximum atomic E-state index is 12.0. The fourth-order valence-corrected chi connectivity index (χ4v) is 1.63.